The number of hydrogen-bond donors (Lipinski definition) is 2. The number of carbonyl (C=O) groups excluding carboxylic acids is 1. The highest BCUT2D eigenvalue weighted by Gasteiger charge is 2.51. The molecule has 21 heavy (non-hydrogen) atoms. The van der Waals surface area contributed by atoms with Gasteiger partial charge in [0.2, 0.25) is 5.91 Å². The van der Waals surface area contributed by atoms with Crippen molar-refractivity contribution in [3.05, 3.63) is 35.6 Å². The van der Waals surface area contributed by atoms with Crippen LogP contribution in [-0.4, -0.2) is 25.5 Å². The fourth-order valence-corrected chi connectivity index (χ4v) is 3.05. The summed E-state index contributed by atoms with van der Waals surface area (Å²) in [5, 5.41) is 6.45. The first kappa shape index (κ1) is 16.2. The summed E-state index contributed by atoms with van der Waals surface area (Å²) in [7, 11) is 0. The van der Waals surface area contributed by atoms with E-state index in [0.717, 1.165) is 38.0 Å². The third-order valence-corrected chi connectivity index (χ3v) is 4.53. The van der Waals surface area contributed by atoms with Crippen LogP contribution in [0.2, 0.25) is 0 Å². The van der Waals surface area contributed by atoms with Gasteiger partial charge in [0.15, 0.2) is 0 Å². The van der Waals surface area contributed by atoms with Gasteiger partial charge in [0, 0.05) is 6.54 Å². The van der Waals surface area contributed by atoms with Crippen LogP contribution in [-0.2, 0) is 10.2 Å². The molecule has 1 atom stereocenters. The maximum Gasteiger partial charge on any atom is 0.230 e. The molecule has 1 aliphatic carbocycles. The predicted molar refractivity (Wildman–Crippen MR) is 83.2 cm³/mol. The van der Waals surface area contributed by atoms with E-state index in [2.05, 4.69) is 10.6 Å². The van der Waals surface area contributed by atoms with Crippen LogP contribution in [0.5, 0.6) is 0 Å². The van der Waals surface area contributed by atoms with Crippen molar-refractivity contribution in [2.75, 3.05) is 19.6 Å². The van der Waals surface area contributed by atoms with Crippen LogP contribution in [0.4, 0.5) is 4.39 Å². The molecule has 2 aliphatic rings. The molecular formula is C16H22ClFN2O. The number of piperidine rings is 1. The summed E-state index contributed by atoms with van der Waals surface area (Å²) in [6.45, 7) is 2.82. The molecule has 2 fully saturated rings. The zero-order valence-electron chi connectivity index (χ0n) is 12.0. The lowest BCUT2D eigenvalue weighted by Crippen LogP contribution is -2.41. The van der Waals surface area contributed by atoms with E-state index in [-0.39, 0.29) is 24.1 Å². The first-order valence-corrected chi connectivity index (χ1v) is 7.46. The number of halogens is 2. The van der Waals surface area contributed by atoms with Gasteiger partial charge in [-0.05, 0) is 62.4 Å². The summed E-state index contributed by atoms with van der Waals surface area (Å²) in [6.07, 6.45) is 4.10. The molecule has 1 aromatic carbocycles. The van der Waals surface area contributed by atoms with Gasteiger partial charge >= 0.3 is 0 Å². The molecule has 1 unspecified atom stereocenters. The van der Waals surface area contributed by atoms with E-state index in [1.807, 2.05) is 0 Å². The zero-order chi connectivity index (χ0) is 14.0. The van der Waals surface area contributed by atoms with Crippen molar-refractivity contribution in [1.29, 1.82) is 0 Å². The molecule has 0 bridgehead atoms. The highest BCUT2D eigenvalue weighted by atomic mass is 35.5. The Labute approximate surface area is 131 Å². The number of carbonyl (C=O) groups is 1. The summed E-state index contributed by atoms with van der Waals surface area (Å²) < 4.78 is 13.0. The Morgan fingerprint density at radius 1 is 1.33 bits per heavy atom. The molecule has 0 aromatic heterocycles. The molecule has 1 saturated carbocycles. The van der Waals surface area contributed by atoms with E-state index in [1.54, 1.807) is 12.1 Å². The second-order valence-corrected chi connectivity index (χ2v) is 6.01. The summed E-state index contributed by atoms with van der Waals surface area (Å²) in [4.78, 5) is 12.4. The maximum atomic E-state index is 13.0. The largest absolute Gasteiger partial charge is 0.355 e. The molecule has 3 nitrogen and oxygen atoms in total. The minimum absolute atomic E-state index is 0. The minimum atomic E-state index is -0.393. The van der Waals surface area contributed by atoms with Gasteiger partial charge in [0.1, 0.15) is 5.82 Å². The van der Waals surface area contributed by atoms with Gasteiger partial charge in [0.05, 0.1) is 5.41 Å². The highest BCUT2D eigenvalue weighted by molar-refractivity contribution is 5.91. The van der Waals surface area contributed by atoms with Crippen molar-refractivity contribution in [3.8, 4) is 0 Å². The van der Waals surface area contributed by atoms with E-state index >= 15 is 0 Å². The average molecular weight is 313 g/mol. The maximum absolute atomic E-state index is 13.0. The van der Waals surface area contributed by atoms with Crippen LogP contribution in [0.1, 0.15) is 31.2 Å². The topological polar surface area (TPSA) is 41.1 Å². The van der Waals surface area contributed by atoms with Gasteiger partial charge in [-0.25, -0.2) is 4.39 Å². The van der Waals surface area contributed by atoms with Crippen molar-refractivity contribution >= 4 is 18.3 Å². The van der Waals surface area contributed by atoms with Crippen LogP contribution in [0.3, 0.4) is 0 Å². The average Bonchev–Trinajstić information content (AvgIpc) is 3.28. The van der Waals surface area contributed by atoms with Gasteiger partial charge in [-0.2, -0.15) is 0 Å². The summed E-state index contributed by atoms with van der Waals surface area (Å²) in [6, 6.07) is 6.36. The summed E-state index contributed by atoms with van der Waals surface area (Å²) >= 11 is 0. The highest BCUT2D eigenvalue weighted by Crippen LogP contribution is 2.48. The molecule has 5 heteroatoms. The molecule has 1 aromatic rings. The Balaban J connectivity index is 0.00000161. The van der Waals surface area contributed by atoms with Gasteiger partial charge in [-0.1, -0.05) is 12.1 Å². The van der Waals surface area contributed by atoms with Crippen LogP contribution in [0.15, 0.2) is 24.3 Å². The van der Waals surface area contributed by atoms with Gasteiger partial charge < -0.3 is 10.6 Å². The van der Waals surface area contributed by atoms with Crippen molar-refractivity contribution in [1.82, 2.24) is 10.6 Å². The van der Waals surface area contributed by atoms with Crippen LogP contribution < -0.4 is 10.6 Å². The van der Waals surface area contributed by atoms with E-state index in [4.69, 9.17) is 0 Å². The van der Waals surface area contributed by atoms with E-state index in [1.165, 1.54) is 25.0 Å². The second-order valence-electron chi connectivity index (χ2n) is 6.01. The first-order chi connectivity index (χ1) is 9.71. The normalized spacial score (nSPS) is 23.0. The Bertz CT molecular complexity index is 482. The zero-order valence-corrected chi connectivity index (χ0v) is 12.8. The number of rotatable bonds is 4. The van der Waals surface area contributed by atoms with E-state index in [9.17, 15) is 9.18 Å². The fraction of sp³-hybridized carbons (Fsp3) is 0.562. The first-order valence-electron chi connectivity index (χ1n) is 7.46. The van der Waals surface area contributed by atoms with E-state index < -0.39 is 5.41 Å². The van der Waals surface area contributed by atoms with E-state index in [0.29, 0.717) is 5.92 Å². The van der Waals surface area contributed by atoms with Crippen molar-refractivity contribution < 1.29 is 9.18 Å². The molecule has 1 heterocycles. The molecule has 116 valence electrons. The van der Waals surface area contributed by atoms with Crippen LogP contribution >= 0.6 is 12.4 Å². The lowest BCUT2D eigenvalue weighted by molar-refractivity contribution is -0.123. The Hall–Kier alpha value is -1.13. The molecule has 2 N–H and O–H groups in total. The molecule has 3 rings (SSSR count). The molecule has 1 aliphatic heterocycles. The Morgan fingerprint density at radius 2 is 2.05 bits per heavy atom. The fourth-order valence-electron chi connectivity index (χ4n) is 3.05. The number of amides is 1. The summed E-state index contributed by atoms with van der Waals surface area (Å²) in [5.74, 6) is 0.393. The molecule has 1 saturated heterocycles. The third-order valence-electron chi connectivity index (χ3n) is 4.53. The minimum Gasteiger partial charge on any atom is -0.355 e. The molecule has 0 radical (unpaired) electrons. The van der Waals surface area contributed by atoms with Crippen molar-refractivity contribution in [2.24, 2.45) is 5.92 Å². The smallest absolute Gasteiger partial charge is 0.230 e. The number of hydrogen-bond acceptors (Lipinski definition) is 2. The third kappa shape index (κ3) is 3.55. The van der Waals surface area contributed by atoms with Gasteiger partial charge in [-0.3, -0.25) is 4.79 Å². The van der Waals surface area contributed by atoms with Crippen LogP contribution in [0.25, 0.3) is 0 Å². The lowest BCUT2D eigenvalue weighted by Gasteiger charge is -2.24. The van der Waals surface area contributed by atoms with Crippen molar-refractivity contribution in [3.63, 3.8) is 0 Å². The Morgan fingerprint density at radius 3 is 2.62 bits per heavy atom. The van der Waals surface area contributed by atoms with Crippen LogP contribution in [0, 0.1) is 11.7 Å². The van der Waals surface area contributed by atoms with Gasteiger partial charge in [0.25, 0.3) is 0 Å². The second kappa shape index (κ2) is 6.75. The number of benzene rings is 1. The standard InChI is InChI=1S/C16H21FN2O.ClH/c17-14-5-3-13(4-6-14)16(7-8-16)15(20)19-11-12-2-1-9-18-10-12;/h3-6,12,18H,1-2,7-11H2,(H,19,20);1H. The lowest BCUT2D eigenvalue weighted by atomic mass is 9.94. The molecule has 0 spiro atoms. The van der Waals surface area contributed by atoms with Crippen molar-refractivity contribution in [2.45, 2.75) is 31.1 Å². The summed E-state index contributed by atoms with van der Waals surface area (Å²) in [5.41, 5.74) is 0.550. The molecular weight excluding hydrogens is 291 g/mol. The number of nitrogens with one attached hydrogen (secondary N) is 2. The van der Waals surface area contributed by atoms with Gasteiger partial charge in [-0.15, -0.1) is 12.4 Å². The quantitative estimate of drug-likeness (QED) is 0.896. The monoisotopic (exact) mass is 312 g/mol. The predicted octanol–water partition coefficient (Wildman–Crippen LogP) is 2.39. The molecule has 1 amide bonds. The SMILES string of the molecule is Cl.O=C(NCC1CCCNC1)C1(c2ccc(F)cc2)CC1. The Kier molecular flexibility index (Phi) is 5.22.